The molecule has 1 aliphatic heterocycles. The summed E-state index contributed by atoms with van der Waals surface area (Å²) in [4.78, 5) is 2.13. The van der Waals surface area contributed by atoms with Crippen LogP contribution in [0.25, 0.3) is 0 Å². The van der Waals surface area contributed by atoms with E-state index in [9.17, 15) is 5.11 Å². The lowest BCUT2D eigenvalue weighted by atomic mass is 9.80. The van der Waals surface area contributed by atoms with Gasteiger partial charge >= 0.3 is 0 Å². The van der Waals surface area contributed by atoms with Crippen LogP contribution in [0.2, 0.25) is 0 Å². The standard InChI is InChI=1S/C14H24BrN3OS/c1-13(2)8-14(19,10-20-9-13)12-11(15)7-16-18(12)6-5-17(3)4/h7,19H,5-6,8-10H2,1-4H3. The molecule has 114 valence electrons. The molecule has 1 aliphatic rings. The maximum atomic E-state index is 11.2. The monoisotopic (exact) mass is 361 g/mol. The molecule has 1 saturated heterocycles. The van der Waals surface area contributed by atoms with E-state index in [1.54, 1.807) is 6.20 Å². The lowest BCUT2D eigenvalue weighted by Crippen LogP contribution is -2.42. The van der Waals surface area contributed by atoms with Crippen molar-refractivity contribution in [1.82, 2.24) is 14.7 Å². The van der Waals surface area contributed by atoms with Crippen molar-refractivity contribution in [2.75, 3.05) is 32.1 Å². The molecule has 0 aliphatic carbocycles. The van der Waals surface area contributed by atoms with Crippen LogP contribution in [0.15, 0.2) is 10.7 Å². The average Bonchev–Trinajstić information content (AvgIpc) is 2.66. The van der Waals surface area contributed by atoms with Crippen LogP contribution in [0.4, 0.5) is 0 Å². The number of likely N-dealkylation sites (N-methyl/N-ethyl adjacent to an activating group) is 1. The molecule has 1 aromatic rings. The lowest BCUT2D eigenvalue weighted by molar-refractivity contribution is 0.00664. The molecule has 0 radical (unpaired) electrons. The Bertz CT molecular complexity index is 475. The second kappa shape index (κ2) is 5.99. The zero-order chi connectivity index (χ0) is 15.0. The summed E-state index contributed by atoms with van der Waals surface area (Å²) in [5.74, 6) is 1.83. The molecule has 1 atom stereocenters. The molecule has 0 spiro atoms. The first-order valence-electron chi connectivity index (χ1n) is 6.90. The first kappa shape index (κ1) is 16.3. The maximum absolute atomic E-state index is 11.2. The van der Waals surface area contributed by atoms with Gasteiger partial charge in [-0.3, -0.25) is 4.68 Å². The Morgan fingerprint density at radius 3 is 2.75 bits per heavy atom. The molecular formula is C14H24BrN3OS. The predicted molar refractivity (Wildman–Crippen MR) is 88.1 cm³/mol. The Morgan fingerprint density at radius 1 is 1.45 bits per heavy atom. The molecule has 1 unspecified atom stereocenters. The zero-order valence-corrected chi connectivity index (χ0v) is 15.1. The van der Waals surface area contributed by atoms with Gasteiger partial charge in [-0.15, -0.1) is 0 Å². The van der Waals surface area contributed by atoms with Crippen LogP contribution in [0.5, 0.6) is 0 Å². The van der Waals surface area contributed by atoms with Crippen molar-refractivity contribution in [3.63, 3.8) is 0 Å². The molecule has 0 saturated carbocycles. The van der Waals surface area contributed by atoms with E-state index in [4.69, 9.17) is 0 Å². The Labute approximate surface area is 134 Å². The highest BCUT2D eigenvalue weighted by molar-refractivity contribution is 9.10. The fraction of sp³-hybridized carbons (Fsp3) is 0.786. The topological polar surface area (TPSA) is 41.3 Å². The molecule has 20 heavy (non-hydrogen) atoms. The van der Waals surface area contributed by atoms with Gasteiger partial charge in [0, 0.05) is 12.3 Å². The van der Waals surface area contributed by atoms with Crippen molar-refractivity contribution in [1.29, 1.82) is 0 Å². The summed E-state index contributed by atoms with van der Waals surface area (Å²) in [6.45, 7) is 6.15. The molecule has 1 aromatic heterocycles. The SMILES string of the molecule is CN(C)CCn1ncc(Br)c1C1(O)CSCC(C)(C)C1. The van der Waals surface area contributed by atoms with Gasteiger partial charge in [0.05, 0.1) is 22.9 Å². The predicted octanol–water partition coefficient (Wildman–Crippen LogP) is 2.56. The number of aliphatic hydroxyl groups is 1. The third kappa shape index (κ3) is 3.59. The average molecular weight is 362 g/mol. The van der Waals surface area contributed by atoms with Crippen molar-refractivity contribution >= 4 is 27.7 Å². The second-order valence-electron chi connectivity index (χ2n) is 6.73. The van der Waals surface area contributed by atoms with Gasteiger partial charge in [-0.05, 0) is 47.6 Å². The van der Waals surface area contributed by atoms with Crippen LogP contribution in [0.3, 0.4) is 0 Å². The highest BCUT2D eigenvalue weighted by Gasteiger charge is 2.43. The Kier molecular flexibility index (Phi) is 4.89. The zero-order valence-electron chi connectivity index (χ0n) is 12.7. The number of rotatable bonds is 4. The lowest BCUT2D eigenvalue weighted by Gasteiger charge is -2.41. The van der Waals surface area contributed by atoms with Crippen molar-refractivity contribution < 1.29 is 5.11 Å². The van der Waals surface area contributed by atoms with E-state index in [1.165, 1.54) is 0 Å². The Morgan fingerprint density at radius 2 is 2.15 bits per heavy atom. The Balaban J connectivity index is 2.28. The molecule has 4 nitrogen and oxygen atoms in total. The summed E-state index contributed by atoms with van der Waals surface area (Å²) < 4.78 is 2.86. The summed E-state index contributed by atoms with van der Waals surface area (Å²) >= 11 is 5.39. The molecular weight excluding hydrogens is 338 g/mol. The number of thioether (sulfide) groups is 1. The minimum absolute atomic E-state index is 0.147. The van der Waals surface area contributed by atoms with Crippen molar-refractivity contribution in [3.8, 4) is 0 Å². The normalized spacial score (nSPS) is 26.1. The molecule has 1 fully saturated rings. The van der Waals surface area contributed by atoms with Crippen molar-refractivity contribution in [2.24, 2.45) is 5.41 Å². The molecule has 6 heteroatoms. The second-order valence-corrected chi connectivity index (χ2v) is 8.57. The first-order chi connectivity index (χ1) is 9.23. The first-order valence-corrected chi connectivity index (χ1v) is 8.85. The Hall–Kier alpha value is -0.0400. The van der Waals surface area contributed by atoms with Gasteiger partial charge < -0.3 is 10.0 Å². The van der Waals surface area contributed by atoms with Crippen molar-refractivity contribution in [3.05, 3.63) is 16.4 Å². The number of halogens is 1. The van der Waals surface area contributed by atoms with Crippen LogP contribution < -0.4 is 0 Å². The summed E-state index contributed by atoms with van der Waals surface area (Å²) in [6, 6.07) is 0. The van der Waals surface area contributed by atoms with E-state index in [1.807, 2.05) is 30.5 Å². The van der Waals surface area contributed by atoms with Gasteiger partial charge in [-0.1, -0.05) is 13.8 Å². The van der Waals surface area contributed by atoms with Crippen LogP contribution in [-0.4, -0.2) is 51.9 Å². The number of nitrogens with zero attached hydrogens (tertiary/aromatic N) is 3. The quantitative estimate of drug-likeness (QED) is 0.894. The third-order valence-corrected chi connectivity index (χ3v) is 5.85. The van der Waals surface area contributed by atoms with Gasteiger partial charge in [0.2, 0.25) is 0 Å². The molecule has 0 bridgehead atoms. The molecule has 2 rings (SSSR count). The fourth-order valence-corrected chi connectivity index (χ4v) is 4.83. The molecule has 0 aromatic carbocycles. The molecule has 2 heterocycles. The van der Waals surface area contributed by atoms with Crippen LogP contribution in [0.1, 0.15) is 26.0 Å². The van der Waals surface area contributed by atoms with E-state index in [0.29, 0.717) is 0 Å². The number of hydrogen-bond donors (Lipinski definition) is 1. The number of aromatic nitrogens is 2. The van der Waals surface area contributed by atoms with Gasteiger partial charge in [-0.2, -0.15) is 16.9 Å². The molecule has 1 N–H and O–H groups in total. The van der Waals surface area contributed by atoms with E-state index in [2.05, 4.69) is 39.8 Å². The smallest absolute Gasteiger partial charge is 0.117 e. The maximum Gasteiger partial charge on any atom is 0.117 e. The van der Waals surface area contributed by atoms with E-state index in [0.717, 1.165) is 41.2 Å². The minimum atomic E-state index is -0.798. The minimum Gasteiger partial charge on any atom is -0.383 e. The molecule has 0 amide bonds. The van der Waals surface area contributed by atoms with Gasteiger partial charge in [0.25, 0.3) is 0 Å². The highest BCUT2D eigenvalue weighted by atomic mass is 79.9. The van der Waals surface area contributed by atoms with E-state index >= 15 is 0 Å². The van der Waals surface area contributed by atoms with Gasteiger partial charge in [0.1, 0.15) is 5.60 Å². The summed E-state index contributed by atoms with van der Waals surface area (Å²) in [5.41, 5.74) is 0.279. The summed E-state index contributed by atoms with van der Waals surface area (Å²) in [6.07, 6.45) is 2.58. The van der Waals surface area contributed by atoms with Crippen LogP contribution in [0, 0.1) is 5.41 Å². The van der Waals surface area contributed by atoms with E-state index < -0.39 is 5.60 Å². The summed E-state index contributed by atoms with van der Waals surface area (Å²) in [7, 11) is 4.10. The van der Waals surface area contributed by atoms with Crippen LogP contribution >= 0.6 is 27.7 Å². The fourth-order valence-electron chi connectivity index (χ4n) is 2.83. The van der Waals surface area contributed by atoms with Crippen molar-refractivity contribution in [2.45, 2.75) is 32.4 Å². The van der Waals surface area contributed by atoms with Gasteiger partial charge in [-0.25, -0.2) is 0 Å². The highest BCUT2D eigenvalue weighted by Crippen LogP contribution is 2.46. The summed E-state index contributed by atoms with van der Waals surface area (Å²) in [5, 5.41) is 15.6. The number of hydrogen-bond acceptors (Lipinski definition) is 4. The van der Waals surface area contributed by atoms with Gasteiger partial charge in [0.15, 0.2) is 0 Å². The van der Waals surface area contributed by atoms with E-state index in [-0.39, 0.29) is 5.41 Å². The third-order valence-electron chi connectivity index (χ3n) is 3.60. The van der Waals surface area contributed by atoms with Crippen LogP contribution in [-0.2, 0) is 12.1 Å². The largest absolute Gasteiger partial charge is 0.383 e.